The van der Waals surface area contributed by atoms with Gasteiger partial charge in [0.05, 0.1) is 12.2 Å². The van der Waals surface area contributed by atoms with Gasteiger partial charge < -0.3 is 36.4 Å². The maximum atomic E-state index is 12.1. The van der Waals surface area contributed by atoms with Crippen LogP contribution in [0.3, 0.4) is 0 Å². The molecule has 19 heteroatoms. The summed E-state index contributed by atoms with van der Waals surface area (Å²) >= 11 is 0. The summed E-state index contributed by atoms with van der Waals surface area (Å²) in [4.78, 5) is 74.9. The van der Waals surface area contributed by atoms with Gasteiger partial charge in [-0.25, -0.2) is 14.4 Å². The molecule has 301 valence electrons. The summed E-state index contributed by atoms with van der Waals surface area (Å²) in [5.74, 6) is -4.85. The molecule has 0 saturated carbocycles. The number of urea groups is 1. The number of aliphatic carboxylic acids is 4. The van der Waals surface area contributed by atoms with Crippen molar-refractivity contribution in [2.24, 2.45) is 0 Å². The zero-order valence-electron chi connectivity index (χ0n) is 30.1. The molecule has 0 aliphatic carbocycles. The van der Waals surface area contributed by atoms with Crippen LogP contribution in [0.15, 0.2) is 24.4 Å². The van der Waals surface area contributed by atoms with Gasteiger partial charge in [0.15, 0.2) is 0 Å². The van der Waals surface area contributed by atoms with Crippen molar-refractivity contribution < 1.29 is 83.3 Å². The molecule has 18 nitrogen and oxygen atoms in total. The smallest absolute Gasteiger partial charge is 0 e. The van der Waals surface area contributed by atoms with E-state index >= 15 is 0 Å². The molecular formula is C35H51N5O13Tc. The molecule has 1 aromatic rings. The number of nitrogens with one attached hydrogen (secondary N) is 3. The summed E-state index contributed by atoms with van der Waals surface area (Å²) in [6.45, 7) is 15.1. The van der Waals surface area contributed by atoms with Crippen molar-refractivity contribution in [1.82, 2.24) is 25.8 Å². The van der Waals surface area contributed by atoms with Gasteiger partial charge in [-0.2, -0.15) is 0 Å². The third-order valence-electron chi connectivity index (χ3n) is 7.44. The van der Waals surface area contributed by atoms with Crippen molar-refractivity contribution in [2.45, 2.75) is 115 Å². The molecule has 7 N–H and O–H groups in total. The van der Waals surface area contributed by atoms with E-state index in [-0.39, 0.29) is 45.4 Å². The summed E-state index contributed by atoms with van der Waals surface area (Å²) in [5.41, 5.74) is 0.862. The van der Waals surface area contributed by atoms with Crippen molar-refractivity contribution in [3.63, 3.8) is 0 Å². The van der Waals surface area contributed by atoms with Crippen molar-refractivity contribution in [3.05, 3.63) is 50.0 Å². The first-order valence-corrected chi connectivity index (χ1v) is 16.9. The Labute approximate surface area is 328 Å². The standard InChI is InChI=1S/C32H51N5O10.3CO.Tc/c38-27(34-20-12-10-15-25(30(43)44)35-32(47)36-26(31(45)46)17-18-28(39)40)16-8-6-4-2-1-3-5-7-13-21-37(23-29(41)42)22-24-14-9-11-19-33-24;3*1-2;/h9,11,14,19,25-26H,1-8,10,12-13,15-18,20-23H2,(H,34,38)(H,39,40)(H,41,42)(H,43,44)(H,45,46)(H2,35,36,47);;;;/t25-,26-;;;;/m0..../s1. The second kappa shape index (κ2) is 39.8. The number of nitrogens with zero attached hydrogens (tertiary/aromatic N) is 2. The number of carboxylic acid groups (broad SMARTS) is 4. The molecule has 0 fully saturated rings. The van der Waals surface area contributed by atoms with Crippen molar-refractivity contribution in [2.75, 3.05) is 19.6 Å². The first-order valence-electron chi connectivity index (χ1n) is 16.9. The first-order chi connectivity index (χ1) is 25.5. The summed E-state index contributed by atoms with van der Waals surface area (Å²) in [5, 5.41) is 43.5. The minimum Gasteiger partial charge on any atom is 0 e. The summed E-state index contributed by atoms with van der Waals surface area (Å²) in [7, 11) is 0. The van der Waals surface area contributed by atoms with Crippen LogP contribution in [0.4, 0.5) is 4.79 Å². The fourth-order valence-corrected chi connectivity index (χ4v) is 4.91. The summed E-state index contributed by atoms with van der Waals surface area (Å²) < 4.78 is 22.5. The number of rotatable bonds is 28. The quantitative estimate of drug-likeness (QED) is 0.0364. The molecule has 0 aliphatic heterocycles. The van der Waals surface area contributed by atoms with E-state index in [0.29, 0.717) is 32.4 Å². The Balaban J connectivity index is -0.00000169. The van der Waals surface area contributed by atoms with Gasteiger partial charge in [-0.3, -0.25) is 24.3 Å². The Morgan fingerprint density at radius 1 is 0.667 bits per heavy atom. The largest absolute Gasteiger partial charge is 0 e. The monoisotopic (exact) mass is 846 g/mol. The Morgan fingerprint density at radius 2 is 1.19 bits per heavy atom. The van der Waals surface area contributed by atoms with Crippen LogP contribution in [0, 0.1) is 20.0 Å². The topological polar surface area (TPSA) is 295 Å². The van der Waals surface area contributed by atoms with Gasteiger partial charge in [0.1, 0.15) is 12.1 Å². The van der Waals surface area contributed by atoms with Crippen molar-refractivity contribution in [3.8, 4) is 0 Å². The average molecular weight is 848 g/mol. The van der Waals surface area contributed by atoms with E-state index in [1.807, 2.05) is 23.1 Å². The summed E-state index contributed by atoms with van der Waals surface area (Å²) in [6, 6.07) is 1.88. The molecule has 54 heavy (non-hydrogen) atoms. The Kier molecular flexibility index (Phi) is 41.5. The van der Waals surface area contributed by atoms with Gasteiger partial charge in [-0.05, 0) is 57.2 Å². The number of carboxylic acids is 4. The van der Waals surface area contributed by atoms with Crippen LogP contribution in [-0.2, 0) is 64.6 Å². The number of pyridine rings is 1. The zero-order valence-corrected chi connectivity index (χ0v) is 32.0. The average Bonchev–Trinajstić information content (AvgIpc) is 3.14. The van der Waals surface area contributed by atoms with E-state index in [4.69, 9.17) is 24.2 Å². The van der Waals surface area contributed by atoms with Gasteiger partial charge in [0.2, 0.25) is 5.91 Å². The van der Waals surface area contributed by atoms with Gasteiger partial charge in [0.25, 0.3) is 0 Å². The second-order valence-electron chi connectivity index (χ2n) is 11.5. The van der Waals surface area contributed by atoms with Crippen LogP contribution >= 0.6 is 0 Å². The second-order valence-corrected chi connectivity index (χ2v) is 11.5. The van der Waals surface area contributed by atoms with E-state index in [0.717, 1.165) is 70.0 Å². The van der Waals surface area contributed by atoms with Crippen molar-refractivity contribution in [1.29, 1.82) is 0 Å². The Bertz CT molecular complexity index is 1230. The Morgan fingerprint density at radius 3 is 1.67 bits per heavy atom. The van der Waals surface area contributed by atoms with Crippen LogP contribution in [-0.4, -0.2) is 97.8 Å². The minimum atomic E-state index is -1.47. The molecular weight excluding hydrogens is 796 g/mol. The van der Waals surface area contributed by atoms with Crippen LogP contribution in [0.1, 0.15) is 102 Å². The molecule has 0 aromatic carbocycles. The molecule has 1 heterocycles. The van der Waals surface area contributed by atoms with Crippen molar-refractivity contribution >= 4 is 35.8 Å². The number of carbonyl (C=O) groups is 6. The van der Waals surface area contributed by atoms with E-state index in [1.54, 1.807) is 6.20 Å². The predicted octanol–water partition coefficient (Wildman–Crippen LogP) is 3.11. The molecule has 1 radical (unpaired) electrons. The number of hydrogen-bond acceptors (Lipinski definition) is 8. The molecule has 1 rings (SSSR count). The third-order valence-corrected chi connectivity index (χ3v) is 7.44. The predicted molar refractivity (Wildman–Crippen MR) is 183 cm³/mol. The van der Waals surface area contributed by atoms with Crippen LogP contribution in [0.5, 0.6) is 0 Å². The molecule has 0 unspecified atom stereocenters. The fourth-order valence-electron chi connectivity index (χ4n) is 4.91. The first kappa shape index (κ1) is 56.3. The maximum Gasteiger partial charge on any atom is 0 e. The van der Waals surface area contributed by atoms with E-state index in [1.165, 1.54) is 0 Å². The van der Waals surface area contributed by atoms with Gasteiger partial charge in [-0.1, -0.05) is 51.0 Å². The number of aromatic nitrogens is 1. The molecule has 0 bridgehead atoms. The number of carbonyl (C=O) groups excluding carboxylic acids is 2. The molecule has 0 spiro atoms. The fraction of sp³-hybridized carbons (Fsp3) is 0.600. The number of hydrogen-bond donors (Lipinski definition) is 7. The Hall–Kier alpha value is -4.40. The van der Waals surface area contributed by atoms with Crippen LogP contribution in [0.2, 0.25) is 0 Å². The maximum absolute atomic E-state index is 12.1. The van der Waals surface area contributed by atoms with E-state index < -0.39 is 48.4 Å². The minimum absolute atomic E-state index is 0. The molecule has 2 atom stereocenters. The summed E-state index contributed by atoms with van der Waals surface area (Å²) in [6.07, 6.45) is 11.5. The number of unbranched alkanes of at least 4 members (excludes halogenated alkanes) is 9. The normalized spacial score (nSPS) is 10.7. The SMILES string of the molecule is O=C(O)CC[C@H](NC(=O)N[C@@H](CCCCNC(=O)CCCCCCCCCCCN(CC(=O)O)Cc1ccccn1)C(=O)O)C(=O)O.[C-]#[O+].[C-]#[O+].[C-]#[O+].[Tc]. The van der Waals surface area contributed by atoms with Crippen LogP contribution in [0.25, 0.3) is 0 Å². The molecule has 3 amide bonds. The molecule has 1 aromatic heterocycles. The van der Waals surface area contributed by atoms with E-state index in [9.17, 15) is 39.0 Å². The molecule has 0 aliphatic rings. The molecule has 0 saturated heterocycles. The van der Waals surface area contributed by atoms with Gasteiger partial charge in [-0.15, -0.1) is 0 Å². The van der Waals surface area contributed by atoms with Gasteiger partial charge in [0, 0.05) is 52.2 Å². The third kappa shape index (κ3) is 34.7. The van der Waals surface area contributed by atoms with Crippen LogP contribution < -0.4 is 16.0 Å². The number of amides is 3. The van der Waals surface area contributed by atoms with Gasteiger partial charge >= 0.3 is 63.8 Å². The zero-order chi connectivity index (χ0) is 40.9. The van der Waals surface area contributed by atoms with E-state index in [2.05, 4.69) is 40.9 Å².